The Hall–Kier alpha value is -3.13. The third kappa shape index (κ3) is 4.17. The first-order chi connectivity index (χ1) is 13.2. The summed E-state index contributed by atoms with van der Waals surface area (Å²) in [4.78, 5) is 23.7. The SMILES string of the molecule is N#CC(CCOC(=O)CC1CCNC1=O)(c1ccccc1)c1ccccc1. The van der Waals surface area contributed by atoms with Gasteiger partial charge in [0.25, 0.3) is 0 Å². The Labute approximate surface area is 159 Å². The largest absolute Gasteiger partial charge is 0.466 e. The molecule has 5 heteroatoms. The Kier molecular flexibility index (Phi) is 5.87. The molecule has 1 aliphatic heterocycles. The van der Waals surface area contributed by atoms with Crippen LogP contribution in [-0.4, -0.2) is 25.0 Å². The van der Waals surface area contributed by atoms with Crippen LogP contribution >= 0.6 is 0 Å². The Bertz CT molecular complexity index is 788. The highest BCUT2D eigenvalue weighted by molar-refractivity contribution is 5.85. The number of carbonyl (C=O) groups is 2. The maximum Gasteiger partial charge on any atom is 0.306 e. The number of amides is 1. The molecule has 1 heterocycles. The van der Waals surface area contributed by atoms with Crippen molar-refractivity contribution in [1.82, 2.24) is 5.32 Å². The predicted molar refractivity (Wildman–Crippen MR) is 101 cm³/mol. The molecule has 5 nitrogen and oxygen atoms in total. The van der Waals surface area contributed by atoms with Crippen molar-refractivity contribution in [1.29, 1.82) is 5.26 Å². The highest BCUT2D eigenvalue weighted by atomic mass is 16.5. The van der Waals surface area contributed by atoms with Gasteiger partial charge < -0.3 is 10.1 Å². The van der Waals surface area contributed by atoms with E-state index in [9.17, 15) is 14.9 Å². The average Bonchev–Trinajstić information content (AvgIpc) is 3.11. The van der Waals surface area contributed by atoms with E-state index in [1.165, 1.54) is 0 Å². The fraction of sp³-hybridized carbons (Fsp3) is 0.318. The summed E-state index contributed by atoms with van der Waals surface area (Å²) in [5, 5.41) is 12.8. The minimum Gasteiger partial charge on any atom is -0.466 e. The van der Waals surface area contributed by atoms with Gasteiger partial charge in [0.1, 0.15) is 5.41 Å². The van der Waals surface area contributed by atoms with Crippen molar-refractivity contribution in [2.45, 2.75) is 24.7 Å². The van der Waals surface area contributed by atoms with E-state index in [4.69, 9.17) is 4.74 Å². The summed E-state index contributed by atoms with van der Waals surface area (Å²) in [6, 6.07) is 21.5. The van der Waals surface area contributed by atoms with Crippen LogP contribution in [0.1, 0.15) is 30.4 Å². The molecule has 1 amide bonds. The Morgan fingerprint density at radius 2 is 1.70 bits per heavy atom. The summed E-state index contributed by atoms with van der Waals surface area (Å²) in [6.45, 7) is 0.723. The predicted octanol–water partition coefficient (Wildman–Crippen LogP) is 2.96. The lowest BCUT2D eigenvalue weighted by atomic mass is 9.73. The van der Waals surface area contributed by atoms with Crippen molar-refractivity contribution in [3.8, 4) is 6.07 Å². The van der Waals surface area contributed by atoms with Crippen LogP contribution in [0.5, 0.6) is 0 Å². The van der Waals surface area contributed by atoms with Crippen LogP contribution in [0.25, 0.3) is 0 Å². The number of benzene rings is 2. The number of nitriles is 1. The zero-order valence-electron chi connectivity index (χ0n) is 15.1. The number of carbonyl (C=O) groups excluding carboxylic acids is 2. The third-order valence-corrected chi connectivity index (χ3v) is 5.04. The number of hydrogen-bond donors (Lipinski definition) is 1. The maximum absolute atomic E-state index is 12.1. The van der Waals surface area contributed by atoms with Crippen molar-refractivity contribution in [3.05, 3.63) is 71.8 Å². The first-order valence-electron chi connectivity index (χ1n) is 9.11. The summed E-state index contributed by atoms with van der Waals surface area (Å²) in [5.41, 5.74) is 0.836. The fourth-order valence-electron chi connectivity index (χ4n) is 3.50. The maximum atomic E-state index is 12.1. The van der Waals surface area contributed by atoms with E-state index < -0.39 is 11.4 Å². The monoisotopic (exact) mass is 362 g/mol. The van der Waals surface area contributed by atoms with Gasteiger partial charge in [-0.05, 0) is 17.5 Å². The van der Waals surface area contributed by atoms with Gasteiger partial charge in [-0.25, -0.2) is 0 Å². The van der Waals surface area contributed by atoms with Crippen molar-refractivity contribution in [2.24, 2.45) is 5.92 Å². The minimum atomic E-state index is -0.895. The quantitative estimate of drug-likeness (QED) is 0.768. The molecule has 1 N–H and O–H groups in total. The number of hydrogen-bond acceptors (Lipinski definition) is 4. The van der Waals surface area contributed by atoms with Crippen molar-refractivity contribution in [2.75, 3.05) is 13.2 Å². The lowest BCUT2D eigenvalue weighted by molar-refractivity contribution is -0.146. The van der Waals surface area contributed by atoms with Gasteiger partial charge in [0, 0.05) is 13.0 Å². The molecular weight excluding hydrogens is 340 g/mol. The van der Waals surface area contributed by atoms with E-state index in [0.29, 0.717) is 19.4 Å². The highest BCUT2D eigenvalue weighted by Gasteiger charge is 2.35. The molecule has 2 aromatic rings. The zero-order chi connectivity index (χ0) is 19.1. The Balaban J connectivity index is 1.72. The second-order valence-corrected chi connectivity index (χ2v) is 6.70. The van der Waals surface area contributed by atoms with Gasteiger partial charge in [-0.1, -0.05) is 60.7 Å². The van der Waals surface area contributed by atoms with Crippen LogP contribution in [0.15, 0.2) is 60.7 Å². The second kappa shape index (κ2) is 8.50. The van der Waals surface area contributed by atoms with Gasteiger partial charge in [0.15, 0.2) is 0 Å². The fourth-order valence-corrected chi connectivity index (χ4v) is 3.50. The molecule has 0 aromatic heterocycles. The topological polar surface area (TPSA) is 79.2 Å². The molecule has 0 aliphatic carbocycles. The van der Waals surface area contributed by atoms with Crippen LogP contribution in [0.3, 0.4) is 0 Å². The number of rotatable bonds is 7. The minimum absolute atomic E-state index is 0.0854. The summed E-state index contributed by atoms with van der Waals surface area (Å²) < 4.78 is 5.38. The third-order valence-electron chi connectivity index (χ3n) is 5.04. The van der Waals surface area contributed by atoms with Crippen LogP contribution in [0.2, 0.25) is 0 Å². The number of nitrogens with zero attached hydrogens (tertiary/aromatic N) is 1. The summed E-state index contributed by atoms with van der Waals surface area (Å²) in [5.74, 6) is -0.793. The van der Waals surface area contributed by atoms with Crippen LogP contribution in [0.4, 0.5) is 0 Å². The van der Waals surface area contributed by atoms with E-state index in [1.54, 1.807) is 0 Å². The van der Waals surface area contributed by atoms with Crippen molar-refractivity contribution < 1.29 is 14.3 Å². The van der Waals surface area contributed by atoms with Crippen LogP contribution in [-0.2, 0) is 19.7 Å². The molecule has 0 saturated carbocycles. The van der Waals surface area contributed by atoms with Crippen LogP contribution < -0.4 is 5.32 Å². The molecular formula is C22H22N2O3. The van der Waals surface area contributed by atoms with Gasteiger partial charge in [0.05, 0.1) is 25.0 Å². The summed E-state index contributed by atoms with van der Waals surface area (Å²) in [6.07, 6.45) is 1.09. The van der Waals surface area contributed by atoms with Crippen molar-refractivity contribution >= 4 is 11.9 Å². The second-order valence-electron chi connectivity index (χ2n) is 6.70. The first kappa shape index (κ1) is 18.7. The average molecular weight is 362 g/mol. The zero-order valence-corrected chi connectivity index (χ0v) is 15.1. The lowest BCUT2D eigenvalue weighted by Gasteiger charge is -2.27. The van der Waals surface area contributed by atoms with E-state index in [0.717, 1.165) is 11.1 Å². The van der Waals surface area contributed by atoms with Gasteiger partial charge >= 0.3 is 5.97 Å². The molecule has 27 heavy (non-hydrogen) atoms. The molecule has 1 aliphatic rings. The molecule has 0 spiro atoms. The Morgan fingerprint density at radius 3 is 2.19 bits per heavy atom. The molecule has 2 aromatic carbocycles. The van der Waals surface area contributed by atoms with E-state index >= 15 is 0 Å². The number of esters is 1. The molecule has 0 bridgehead atoms. The van der Waals surface area contributed by atoms with Gasteiger partial charge in [-0.2, -0.15) is 5.26 Å². The molecule has 1 atom stereocenters. The summed E-state index contributed by atoms with van der Waals surface area (Å²) >= 11 is 0. The van der Waals surface area contributed by atoms with Crippen molar-refractivity contribution in [3.63, 3.8) is 0 Å². The normalized spacial score (nSPS) is 16.4. The first-order valence-corrected chi connectivity index (χ1v) is 9.11. The smallest absolute Gasteiger partial charge is 0.306 e. The highest BCUT2D eigenvalue weighted by Crippen LogP contribution is 2.35. The van der Waals surface area contributed by atoms with E-state index in [-0.39, 0.29) is 24.9 Å². The van der Waals surface area contributed by atoms with Gasteiger partial charge in [-0.15, -0.1) is 0 Å². The molecule has 1 unspecified atom stereocenters. The van der Waals surface area contributed by atoms with E-state index in [1.807, 2.05) is 60.7 Å². The molecule has 1 fully saturated rings. The van der Waals surface area contributed by atoms with Crippen LogP contribution in [0, 0.1) is 17.2 Å². The Morgan fingerprint density at radius 1 is 1.11 bits per heavy atom. The number of nitrogens with one attached hydrogen (secondary N) is 1. The molecule has 138 valence electrons. The molecule has 0 radical (unpaired) electrons. The summed E-state index contributed by atoms with van der Waals surface area (Å²) in [7, 11) is 0. The van der Waals surface area contributed by atoms with Gasteiger partial charge in [-0.3, -0.25) is 9.59 Å². The standard InChI is InChI=1S/C22H22N2O3/c23-16-22(18-7-3-1-4-8-18,19-9-5-2-6-10-19)12-14-27-20(25)15-17-11-13-24-21(17)26/h1-10,17H,11-15H2,(H,24,26). The molecule has 3 rings (SSSR count). The number of ether oxygens (including phenoxy) is 1. The van der Waals surface area contributed by atoms with Gasteiger partial charge in [0.2, 0.25) is 5.91 Å². The molecule has 1 saturated heterocycles. The lowest BCUT2D eigenvalue weighted by Crippen LogP contribution is -2.28. The van der Waals surface area contributed by atoms with E-state index in [2.05, 4.69) is 11.4 Å².